The summed E-state index contributed by atoms with van der Waals surface area (Å²) in [4.78, 5) is 29.4. The summed E-state index contributed by atoms with van der Waals surface area (Å²) in [6, 6.07) is 14.4. The van der Waals surface area contributed by atoms with Crippen molar-refractivity contribution in [3.05, 3.63) is 71.4 Å². The van der Waals surface area contributed by atoms with Gasteiger partial charge in [-0.3, -0.25) is 25.4 Å². The molecular weight excluding hydrogens is 392 g/mol. The number of hydrazine groups is 1. The van der Waals surface area contributed by atoms with E-state index in [2.05, 4.69) is 15.8 Å². The standard InChI is InChI=1S/C20H20N4O4S/c1-13-11-17(16-9-4-5-10-18(16)21-13)20(26)23-22-19(25)14-7-6-8-15(12-14)29(27,28)24(2)3/h4-12H,1-3H3,(H,22,25)(H,23,26). The van der Waals surface area contributed by atoms with Crippen LogP contribution in [0, 0.1) is 6.92 Å². The van der Waals surface area contributed by atoms with Crippen molar-refractivity contribution in [1.29, 1.82) is 0 Å². The average molecular weight is 412 g/mol. The van der Waals surface area contributed by atoms with Gasteiger partial charge in [-0.25, -0.2) is 12.7 Å². The molecule has 0 fully saturated rings. The molecule has 9 heteroatoms. The summed E-state index contributed by atoms with van der Waals surface area (Å²) in [6.45, 7) is 1.78. The number of pyridine rings is 1. The zero-order valence-corrected chi connectivity index (χ0v) is 16.9. The Morgan fingerprint density at radius 1 is 0.931 bits per heavy atom. The topological polar surface area (TPSA) is 108 Å². The van der Waals surface area contributed by atoms with Crippen LogP contribution < -0.4 is 10.9 Å². The molecular formula is C20H20N4O4S. The molecule has 150 valence electrons. The highest BCUT2D eigenvalue weighted by Gasteiger charge is 2.19. The number of carbonyl (C=O) groups is 2. The summed E-state index contributed by atoms with van der Waals surface area (Å²) in [5.41, 5.74) is 6.51. The highest BCUT2D eigenvalue weighted by molar-refractivity contribution is 7.89. The number of sulfonamides is 1. The molecule has 3 aromatic rings. The Kier molecular flexibility index (Phi) is 5.62. The molecule has 29 heavy (non-hydrogen) atoms. The van der Waals surface area contributed by atoms with Crippen LogP contribution in [0.2, 0.25) is 0 Å². The Morgan fingerprint density at radius 3 is 2.34 bits per heavy atom. The molecule has 0 spiro atoms. The number of fused-ring (bicyclic) bond motifs is 1. The molecule has 1 heterocycles. The van der Waals surface area contributed by atoms with Crippen LogP contribution in [0.15, 0.2) is 59.5 Å². The number of benzene rings is 2. The first-order chi connectivity index (χ1) is 13.7. The molecule has 0 aliphatic heterocycles. The van der Waals surface area contributed by atoms with E-state index in [0.29, 0.717) is 22.2 Å². The van der Waals surface area contributed by atoms with Crippen molar-refractivity contribution in [3.8, 4) is 0 Å². The summed E-state index contributed by atoms with van der Waals surface area (Å²) in [5.74, 6) is -1.14. The Hall–Kier alpha value is -3.30. The van der Waals surface area contributed by atoms with Gasteiger partial charge in [0, 0.05) is 30.7 Å². The molecule has 0 saturated heterocycles. The molecule has 2 aromatic carbocycles. The fraction of sp³-hybridized carbons (Fsp3) is 0.150. The molecule has 2 amide bonds. The van der Waals surface area contributed by atoms with Crippen molar-refractivity contribution in [2.75, 3.05) is 14.1 Å². The summed E-state index contributed by atoms with van der Waals surface area (Å²) < 4.78 is 25.5. The second-order valence-electron chi connectivity index (χ2n) is 6.55. The highest BCUT2D eigenvalue weighted by atomic mass is 32.2. The molecule has 0 unspecified atom stereocenters. The van der Waals surface area contributed by atoms with Gasteiger partial charge in [0.2, 0.25) is 10.0 Å². The predicted octanol–water partition coefficient (Wildman–Crippen LogP) is 1.87. The predicted molar refractivity (Wildman–Crippen MR) is 109 cm³/mol. The first kappa shape index (κ1) is 20.4. The van der Waals surface area contributed by atoms with Crippen molar-refractivity contribution in [3.63, 3.8) is 0 Å². The number of aryl methyl sites for hydroxylation is 1. The van der Waals surface area contributed by atoms with Crippen LogP contribution in [0.3, 0.4) is 0 Å². The van der Waals surface area contributed by atoms with E-state index in [-0.39, 0.29) is 10.5 Å². The monoisotopic (exact) mass is 412 g/mol. The minimum atomic E-state index is -3.68. The number of carbonyl (C=O) groups excluding carboxylic acids is 2. The minimum Gasteiger partial charge on any atom is -0.267 e. The van der Waals surface area contributed by atoms with Gasteiger partial charge in [-0.2, -0.15) is 0 Å². The highest BCUT2D eigenvalue weighted by Crippen LogP contribution is 2.18. The maximum Gasteiger partial charge on any atom is 0.270 e. The lowest BCUT2D eigenvalue weighted by molar-refractivity contribution is 0.0847. The Balaban J connectivity index is 1.79. The third kappa shape index (κ3) is 4.25. The number of hydrogen-bond donors (Lipinski definition) is 2. The van der Waals surface area contributed by atoms with Crippen molar-refractivity contribution < 1.29 is 18.0 Å². The van der Waals surface area contributed by atoms with Gasteiger partial charge in [-0.05, 0) is 37.3 Å². The number of amides is 2. The second kappa shape index (κ2) is 7.98. The van der Waals surface area contributed by atoms with E-state index in [9.17, 15) is 18.0 Å². The smallest absolute Gasteiger partial charge is 0.267 e. The number of nitrogens with one attached hydrogen (secondary N) is 2. The lowest BCUT2D eigenvalue weighted by atomic mass is 10.1. The molecule has 8 nitrogen and oxygen atoms in total. The van der Waals surface area contributed by atoms with Crippen molar-refractivity contribution in [2.24, 2.45) is 0 Å². The van der Waals surface area contributed by atoms with Crippen LogP contribution in [-0.4, -0.2) is 43.6 Å². The van der Waals surface area contributed by atoms with Crippen LogP contribution in [-0.2, 0) is 10.0 Å². The molecule has 0 atom stereocenters. The van der Waals surface area contributed by atoms with Crippen LogP contribution in [0.1, 0.15) is 26.4 Å². The summed E-state index contributed by atoms with van der Waals surface area (Å²) in [7, 11) is -0.865. The Morgan fingerprint density at radius 2 is 1.62 bits per heavy atom. The lowest BCUT2D eigenvalue weighted by Gasteiger charge is -2.13. The van der Waals surface area contributed by atoms with Gasteiger partial charge in [0.25, 0.3) is 11.8 Å². The van der Waals surface area contributed by atoms with E-state index < -0.39 is 21.8 Å². The van der Waals surface area contributed by atoms with E-state index in [0.717, 1.165) is 4.31 Å². The first-order valence-electron chi connectivity index (χ1n) is 8.70. The van der Waals surface area contributed by atoms with Crippen molar-refractivity contribution in [1.82, 2.24) is 20.1 Å². The summed E-state index contributed by atoms with van der Waals surface area (Å²) in [6.07, 6.45) is 0. The van der Waals surface area contributed by atoms with Gasteiger partial charge < -0.3 is 0 Å². The van der Waals surface area contributed by atoms with Crippen LogP contribution in [0.25, 0.3) is 10.9 Å². The van der Waals surface area contributed by atoms with Gasteiger partial charge in [0.1, 0.15) is 0 Å². The average Bonchev–Trinajstić information content (AvgIpc) is 2.71. The zero-order chi connectivity index (χ0) is 21.2. The van der Waals surface area contributed by atoms with Crippen LogP contribution in [0.4, 0.5) is 0 Å². The van der Waals surface area contributed by atoms with Gasteiger partial charge in [-0.15, -0.1) is 0 Å². The third-order valence-electron chi connectivity index (χ3n) is 4.25. The largest absolute Gasteiger partial charge is 0.270 e. The Labute approximate surface area is 168 Å². The molecule has 0 saturated carbocycles. The molecule has 2 N–H and O–H groups in total. The third-order valence-corrected chi connectivity index (χ3v) is 6.06. The number of aromatic nitrogens is 1. The summed E-state index contributed by atoms with van der Waals surface area (Å²) in [5, 5.41) is 0.656. The lowest BCUT2D eigenvalue weighted by Crippen LogP contribution is -2.41. The number of hydrogen-bond acceptors (Lipinski definition) is 5. The van der Waals surface area contributed by atoms with Crippen molar-refractivity contribution >= 4 is 32.7 Å². The normalized spacial score (nSPS) is 11.4. The molecule has 0 bridgehead atoms. The van der Waals surface area contributed by atoms with Crippen molar-refractivity contribution in [2.45, 2.75) is 11.8 Å². The quantitative estimate of drug-likeness (QED) is 0.636. The van der Waals surface area contributed by atoms with Gasteiger partial charge in [0.15, 0.2) is 0 Å². The molecule has 1 aromatic heterocycles. The minimum absolute atomic E-state index is 0.0165. The molecule has 3 rings (SSSR count). The fourth-order valence-corrected chi connectivity index (χ4v) is 3.71. The SMILES string of the molecule is Cc1cc(C(=O)NNC(=O)c2cccc(S(=O)(=O)N(C)C)c2)c2ccccc2n1. The molecule has 0 radical (unpaired) electrons. The fourth-order valence-electron chi connectivity index (χ4n) is 2.76. The molecule has 0 aliphatic carbocycles. The molecule has 0 aliphatic rings. The van der Waals surface area contributed by atoms with Crippen LogP contribution in [0.5, 0.6) is 0 Å². The van der Waals surface area contributed by atoms with Gasteiger partial charge in [-0.1, -0.05) is 24.3 Å². The first-order valence-corrected chi connectivity index (χ1v) is 10.1. The Bertz CT molecular complexity index is 1210. The zero-order valence-electron chi connectivity index (χ0n) is 16.1. The van der Waals surface area contributed by atoms with E-state index in [4.69, 9.17) is 0 Å². The maximum atomic E-state index is 12.6. The second-order valence-corrected chi connectivity index (χ2v) is 8.70. The van der Waals surface area contributed by atoms with E-state index >= 15 is 0 Å². The van der Waals surface area contributed by atoms with E-state index in [1.807, 2.05) is 6.07 Å². The van der Waals surface area contributed by atoms with Crippen LogP contribution >= 0.6 is 0 Å². The maximum absolute atomic E-state index is 12.6. The van der Waals surface area contributed by atoms with Gasteiger partial charge in [0.05, 0.1) is 16.0 Å². The number of para-hydroxylation sites is 1. The number of nitrogens with zero attached hydrogens (tertiary/aromatic N) is 2. The van der Waals surface area contributed by atoms with E-state index in [1.165, 1.54) is 38.4 Å². The van der Waals surface area contributed by atoms with E-state index in [1.54, 1.807) is 31.2 Å². The van der Waals surface area contributed by atoms with Gasteiger partial charge >= 0.3 is 0 Å². The summed E-state index contributed by atoms with van der Waals surface area (Å²) >= 11 is 0. The number of rotatable bonds is 4.